The van der Waals surface area contributed by atoms with Gasteiger partial charge in [0.1, 0.15) is 11.6 Å². The molecule has 6 heteroatoms. The molecule has 3 rings (SSSR count). The number of rotatable bonds is 2. The molecular formula is C15H19F2N3O. The van der Waals surface area contributed by atoms with E-state index in [1.807, 2.05) is 0 Å². The van der Waals surface area contributed by atoms with E-state index in [1.165, 1.54) is 6.07 Å². The maximum atomic E-state index is 13.6. The van der Waals surface area contributed by atoms with Gasteiger partial charge in [0.05, 0.1) is 5.69 Å². The van der Waals surface area contributed by atoms with Gasteiger partial charge in [0.15, 0.2) is 0 Å². The molecule has 4 nitrogen and oxygen atoms in total. The first kappa shape index (κ1) is 14.3. The minimum absolute atomic E-state index is 0.0198. The van der Waals surface area contributed by atoms with Crippen LogP contribution in [0.15, 0.2) is 18.2 Å². The van der Waals surface area contributed by atoms with Crippen molar-refractivity contribution < 1.29 is 13.6 Å². The summed E-state index contributed by atoms with van der Waals surface area (Å²) in [5.41, 5.74) is 0.0198. The topological polar surface area (TPSA) is 44.4 Å². The van der Waals surface area contributed by atoms with Crippen LogP contribution in [0.2, 0.25) is 0 Å². The minimum Gasteiger partial charge on any atom is -0.321 e. The van der Waals surface area contributed by atoms with E-state index in [0.717, 1.165) is 31.6 Å². The number of fused-ring (bicyclic) bond motifs is 1. The number of urea groups is 1. The summed E-state index contributed by atoms with van der Waals surface area (Å²) >= 11 is 0. The van der Waals surface area contributed by atoms with Crippen LogP contribution in [-0.2, 0) is 0 Å². The summed E-state index contributed by atoms with van der Waals surface area (Å²) in [4.78, 5) is 14.2. The van der Waals surface area contributed by atoms with Gasteiger partial charge < -0.3 is 15.5 Å². The van der Waals surface area contributed by atoms with Crippen molar-refractivity contribution in [3.63, 3.8) is 0 Å². The molecule has 1 aromatic rings. The van der Waals surface area contributed by atoms with Crippen molar-refractivity contribution in [1.82, 2.24) is 10.2 Å². The molecule has 0 spiro atoms. The zero-order valence-corrected chi connectivity index (χ0v) is 11.9. The van der Waals surface area contributed by atoms with E-state index in [4.69, 9.17) is 0 Å². The average molecular weight is 295 g/mol. The summed E-state index contributed by atoms with van der Waals surface area (Å²) in [5, 5.41) is 5.91. The Balaban J connectivity index is 1.73. The minimum atomic E-state index is -0.752. The van der Waals surface area contributed by atoms with Crippen LogP contribution >= 0.6 is 0 Å². The Morgan fingerprint density at radius 2 is 2.24 bits per heavy atom. The van der Waals surface area contributed by atoms with Gasteiger partial charge in [0.2, 0.25) is 0 Å². The Bertz CT molecular complexity index is 552. The monoisotopic (exact) mass is 295 g/mol. The molecule has 0 radical (unpaired) electrons. The molecule has 0 saturated carbocycles. The summed E-state index contributed by atoms with van der Waals surface area (Å²) in [6.07, 6.45) is 0.877. The number of hydrogen-bond donors (Lipinski definition) is 2. The molecule has 1 aromatic carbocycles. The normalized spacial score (nSPS) is 27.8. The molecule has 2 N–H and O–H groups in total. The number of likely N-dealkylation sites (tertiary alicyclic amines) is 1. The lowest BCUT2D eigenvalue weighted by molar-refractivity contribution is 0.196. The number of nitrogens with zero attached hydrogens (tertiary/aromatic N) is 1. The van der Waals surface area contributed by atoms with Crippen LogP contribution in [0.4, 0.5) is 19.3 Å². The smallest absolute Gasteiger partial charge is 0.321 e. The zero-order chi connectivity index (χ0) is 15.0. The van der Waals surface area contributed by atoms with Crippen molar-refractivity contribution in [3.05, 3.63) is 29.8 Å². The van der Waals surface area contributed by atoms with Gasteiger partial charge in [0.25, 0.3) is 0 Å². The maximum Gasteiger partial charge on any atom is 0.322 e. The third kappa shape index (κ3) is 2.60. The summed E-state index contributed by atoms with van der Waals surface area (Å²) in [6.45, 7) is 4.60. The molecule has 2 heterocycles. The Kier molecular flexibility index (Phi) is 3.80. The second kappa shape index (κ2) is 5.60. The SMILES string of the molecule is CCC1C2CNCC2CN1C(=O)Nc1ccc(F)cc1F. The lowest BCUT2D eigenvalue weighted by Crippen LogP contribution is -2.42. The van der Waals surface area contributed by atoms with E-state index in [9.17, 15) is 13.6 Å². The highest BCUT2D eigenvalue weighted by Crippen LogP contribution is 2.34. The fourth-order valence-electron chi connectivity index (χ4n) is 3.56. The first-order valence-electron chi connectivity index (χ1n) is 7.33. The maximum absolute atomic E-state index is 13.6. The molecule has 2 aliphatic heterocycles. The van der Waals surface area contributed by atoms with Gasteiger partial charge in [-0.1, -0.05) is 6.92 Å². The quantitative estimate of drug-likeness (QED) is 0.880. The van der Waals surface area contributed by atoms with Gasteiger partial charge >= 0.3 is 6.03 Å². The third-order valence-electron chi connectivity index (χ3n) is 4.57. The number of amides is 2. The van der Waals surface area contributed by atoms with E-state index >= 15 is 0 Å². The Morgan fingerprint density at radius 3 is 2.95 bits per heavy atom. The van der Waals surface area contributed by atoms with Crippen LogP contribution in [0.25, 0.3) is 0 Å². The third-order valence-corrected chi connectivity index (χ3v) is 4.57. The highest BCUT2D eigenvalue weighted by molar-refractivity contribution is 5.90. The van der Waals surface area contributed by atoms with Crippen LogP contribution in [0.3, 0.4) is 0 Å². The van der Waals surface area contributed by atoms with Crippen molar-refractivity contribution in [2.24, 2.45) is 11.8 Å². The number of carbonyl (C=O) groups excluding carboxylic acids is 1. The summed E-state index contributed by atoms with van der Waals surface area (Å²) < 4.78 is 26.5. The van der Waals surface area contributed by atoms with Crippen LogP contribution in [-0.4, -0.2) is 36.6 Å². The van der Waals surface area contributed by atoms with Crippen LogP contribution in [0.1, 0.15) is 13.3 Å². The molecule has 21 heavy (non-hydrogen) atoms. The van der Waals surface area contributed by atoms with E-state index in [-0.39, 0.29) is 17.8 Å². The first-order chi connectivity index (χ1) is 10.1. The van der Waals surface area contributed by atoms with Gasteiger partial charge in [-0.05, 0) is 30.4 Å². The zero-order valence-electron chi connectivity index (χ0n) is 11.9. The van der Waals surface area contributed by atoms with E-state index in [1.54, 1.807) is 4.90 Å². The second-order valence-corrected chi connectivity index (χ2v) is 5.76. The number of anilines is 1. The van der Waals surface area contributed by atoms with Crippen LogP contribution in [0.5, 0.6) is 0 Å². The standard InChI is InChI=1S/C15H19F2N3O/c1-2-14-11-7-18-6-9(11)8-20(14)15(21)19-13-4-3-10(16)5-12(13)17/h3-5,9,11,14,18H,2,6-8H2,1H3,(H,19,21). The van der Waals surface area contributed by atoms with Crippen molar-refractivity contribution >= 4 is 11.7 Å². The van der Waals surface area contributed by atoms with Gasteiger partial charge in [-0.15, -0.1) is 0 Å². The highest BCUT2D eigenvalue weighted by Gasteiger charge is 2.45. The molecule has 114 valence electrons. The number of halogens is 2. The van der Waals surface area contributed by atoms with Gasteiger partial charge in [0, 0.05) is 31.7 Å². The molecule has 3 atom stereocenters. The fourth-order valence-corrected chi connectivity index (χ4v) is 3.56. The van der Waals surface area contributed by atoms with Crippen LogP contribution in [0, 0.1) is 23.5 Å². The lowest BCUT2D eigenvalue weighted by Gasteiger charge is -2.27. The molecule has 3 unspecified atom stereocenters. The molecule has 0 bridgehead atoms. The first-order valence-corrected chi connectivity index (χ1v) is 7.33. The molecule has 2 saturated heterocycles. The van der Waals surface area contributed by atoms with E-state index < -0.39 is 11.6 Å². The number of benzene rings is 1. The van der Waals surface area contributed by atoms with Crippen LogP contribution < -0.4 is 10.6 Å². The van der Waals surface area contributed by atoms with E-state index in [0.29, 0.717) is 18.4 Å². The van der Waals surface area contributed by atoms with Crippen molar-refractivity contribution in [2.45, 2.75) is 19.4 Å². The molecule has 0 aliphatic carbocycles. The lowest BCUT2D eigenvalue weighted by atomic mass is 9.93. The van der Waals surface area contributed by atoms with E-state index in [2.05, 4.69) is 17.6 Å². The Morgan fingerprint density at radius 1 is 1.43 bits per heavy atom. The van der Waals surface area contributed by atoms with Crippen molar-refractivity contribution in [1.29, 1.82) is 0 Å². The predicted octanol–water partition coefficient (Wildman–Crippen LogP) is 2.43. The number of carbonyl (C=O) groups is 1. The van der Waals surface area contributed by atoms with Crippen molar-refractivity contribution in [3.8, 4) is 0 Å². The molecule has 2 amide bonds. The predicted molar refractivity (Wildman–Crippen MR) is 76.0 cm³/mol. The molecule has 0 aromatic heterocycles. The molecule has 2 aliphatic rings. The molecular weight excluding hydrogens is 276 g/mol. The Hall–Kier alpha value is -1.69. The molecule has 2 fully saturated rings. The van der Waals surface area contributed by atoms with Gasteiger partial charge in [-0.2, -0.15) is 0 Å². The number of nitrogens with one attached hydrogen (secondary N) is 2. The summed E-state index contributed by atoms with van der Waals surface area (Å²) in [6, 6.07) is 3.03. The average Bonchev–Trinajstić information content (AvgIpc) is 3.01. The summed E-state index contributed by atoms with van der Waals surface area (Å²) in [7, 11) is 0. The summed E-state index contributed by atoms with van der Waals surface area (Å²) in [5.74, 6) is -0.464. The van der Waals surface area contributed by atoms with Gasteiger partial charge in [-0.25, -0.2) is 13.6 Å². The Labute approximate surface area is 122 Å². The largest absolute Gasteiger partial charge is 0.322 e. The van der Waals surface area contributed by atoms with Gasteiger partial charge in [-0.3, -0.25) is 0 Å². The second-order valence-electron chi connectivity index (χ2n) is 5.76. The highest BCUT2D eigenvalue weighted by atomic mass is 19.1. The fraction of sp³-hybridized carbons (Fsp3) is 0.533. The van der Waals surface area contributed by atoms with Crippen molar-refractivity contribution in [2.75, 3.05) is 25.0 Å². The number of hydrogen-bond acceptors (Lipinski definition) is 2.